The summed E-state index contributed by atoms with van der Waals surface area (Å²) in [6, 6.07) is 5.46. The van der Waals surface area contributed by atoms with Gasteiger partial charge in [0.2, 0.25) is 11.7 Å². The molecule has 0 unspecified atom stereocenters. The Kier molecular flexibility index (Phi) is 4.79. The lowest BCUT2D eigenvalue weighted by Gasteiger charge is -2.25. The van der Waals surface area contributed by atoms with Crippen LogP contribution >= 0.6 is 0 Å². The fourth-order valence-electron chi connectivity index (χ4n) is 3.68. The van der Waals surface area contributed by atoms with Gasteiger partial charge < -0.3 is 19.5 Å². The maximum absolute atomic E-state index is 12.6. The number of rotatable bonds is 5. The van der Waals surface area contributed by atoms with Crippen molar-refractivity contribution in [2.45, 2.75) is 19.3 Å². The van der Waals surface area contributed by atoms with E-state index in [-0.39, 0.29) is 18.2 Å². The highest BCUT2D eigenvalue weighted by Gasteiger charge is 2.34. The third-order valence-electron chi connectivity index (χ3n) is 4.93. The fraction of sp³-hybridized carbons (Fsp3) is 0.300. The first-order valence-corrected chi connectivity index (χ1v) is 9.04. The quantitative estimate of drug-likeness (QED) is 0.708. The Labute approximate surface area is 167 Å². The highest BCUT2D eigenvalue weighted by atomic mass is 16.5. The topological polar surface area (TPSA) is 100 Å². The third kappa shape index (κ3) is 3.14. The molecule has 1 atom stereocenters. The summed E-state index contributed by atoms with van der Waals surface area (Å²) < 4.78 is 17.9. The number of amides is 1. The zero-order chi connectivity index (χ0) is 20.5. The Morgan fingerprint density at radius 2 is 1.72 bits per heavy atom. The van der Waals surface area contributed by atoms with E-state index in [1.54, 1.807) is 44.5 Å². The second kappa shape index (κ2) is 7.42. The summed E-state index contributed by atoms with van der Waals surface area (Å²) in [6.07, 6.45) is 3.54. The second-order valence-electron chi connectivity index (χ2n) is 6.57. The summed E-state index contributed by atoms with van der Waals surface area (Å²) in [6.45, 7) is 1.90. The summed E-state index contributed by atoms with van der Waals surface area (Å²) in [7, 11) is 4.69. The predicted molar refractivity (Wildman–Crippen MR) is 105 cm³/mol. The lowest BCUT2D eigenvalue weighted by atomic mass is 9.85. The number of fused-ring (bicyclic) bond motifs is 1. The van der Waals surface area contributed by atoms with Gasteiger partial charge in [-0.3, -0.25) is 4.79 Å². The number of benzene rings is 1. The highest BCUT2D eigenvalue weighted by Crippen LogP contribution is 2.45. The van der Waals surface area contributed by atoms with Gasteiger partial charge in [-0.1, -0.05) is 0 Å². The summed E-state index contributed by atoms with van der Waals surface area (Å²) in [4.78, 5) is 21.1. The van der Waals surface area contributed by atoms with Gasteiger partial charge in [-0.05, 0) is 30.7 Å². The van der Waals surface area contributed by atoms with Gasteiger partial charge in [0.1, 0.15) is 5.82 Å². The number of hydrogen-bond acceptors (Lipinski definition) is 7. The molecule has 0 saturated carbocycles. The van der Waals surface area contributed by atoms with Gasteiger partial charge in [0, 0.05) is 30.3 Å². The van der Waals surface area contributed by atoms with E-state index >= 15 is 0 Å². The van der Waals surface area contributed by atoms with Crippen molar-refractivity contribution in [3.05, 3.63) is 47.4 Å². The number of aromatic nitrogens is 4. The molecule has 150 valence electrons. The minimum absolute atomic E-state index is 0.117. The normalized spacial score (nSPS) is 15.4. The van der Waals surface area contributed by atoms with Crippen LogP contribution in [0.1, 0.15) is 29.2 Å². The average Bonchev–Trinajstić information content (AvgIpc) is 3.08. The molecule has 29 heavy (non-hydrogen) atoms. The number of nitrogens with zero attached hydrogens (tertiary/aromatic N) is 4. The molecule has 3 heterocycles. The molecule has 1 aromatic carbocycles. The summed E-state index contributed by atoms with van der Waals surface area (Å²) >= 11 is 0. The average molecular weight is 395 g/mol. The van der Waals surface area contributed by atoms with E-state index in [0.717, 1.165) is 16.8 Å². The third-order valence-corrected chi connectivity index (χ3v) is 4.93. The maximum Gasteiger partial charge on any atom is 0.252 e. The van der Waals surface area contributed by atoms with Crippen LogP contribution in [-0.4, -0.2) is 47.0 Å². The summed E-state index contributed by atoms with van der Waals surface area (Å²) in [5.74, 6) is 2.19. The molecule has 0 fully saturated rings. The predicted octanol–water partition coefficient (Wildman–Crippen LogP) is 2.47. The number of ether oxygens (including phenoxy) is 3. The lowest BCUT2D eigenvalue weighted by Crippen LogP contribution is -2.25. The molecule has 0 spiro atoms. The first-order valence-electron chi connectivity index (χ1n) is 9.04. The molecular weight excluding hydrogens is 374 g/mol. The molecule has 1 aliphatic rings. The number of carbonyl (C=O) groups is 1. The molecule has 3 aromatic rings. The number of carbonyl (C=O) groups excluding carboxylic acids is 1. The van der Waals surface area contributed by atoms with Crippen LogP contribution in [0.15, 0.2) is 30.6 Å². The molecule has 2 aromatic heterocycles. The van der Waals surface area contributed by atoms with Crippen LogP contribution in [0, 0.1) is 6.92 Å². The number of methoxy groups -OCH3 is 3. The molecule has 1 amide bonds. The van der Waals surface area contributed by atoms with Gasteiger partial charge in [-0.25, -0.2) is 9.97 Å². The van der Waals surface area contributed by atoms with Crippen molar-refractivity contribution in [2.24, 2.45) is 0 Å². The van der Waals surface area contributed by atoms with Crippen molar-refractivity contribution >= 4 is 11.7 Å². The monoisotopic (exact) mass is 395 g/mol. The maximum atomic E-state index is 12.6. The van der Waals surface area contributed by atoms with Crippen LogP contribution < -0.4 is 19.5 Å². The zero-order valence-corrected chi connectivity index (χ0v) is 16.6. The van der Waals surface area contributed by atoms with Crippen LogP contribution in [0.4, 0.5) is 5.82 Å². The fourth-order valence-corrected chi connectivity index (χ4v) is 3.68. The van der Waals surface area contributed by atoms with E-state index in [4.69, 9.17) is 14.2 Å². The first-order chi connectivity index (χ1) is 14.1. The number of aryl methyl sites for hydroxylation is 1. The van der Waals surface area contributed by atoms with E-state index < -0.39 is 0 Å². The van der Waals surface area contributed by atoms with Gasteiger partial charge in [0.25, 0.3) is 5.95 Å². The van der Waals surface area contributed by atoms with E-state index in [1.807, 2.05) is 19.1 Å². The van der Waals surface area contributed by atoms with E-state index in [2.05, 4.69) is 20.4 Å². The van der Waals surface area contributed by atoms with Crippen LogP contribution in [0.25, 0.3) is 5.95 Å². The van der Waals surface area contributed by atoms with Crippen LogP contribution in [-0.2, 0) is 4.79 Å². The van der Waals surface area contributed by atoms with Crippen molar-refractivity contribution in [3.63, 3.8) is 0 Å². The largest absolute Gasteiger partial charge is 0.493 e. The molecule has 9 heteroatoms. The van der Waals surface area contributed by atoms with E-state index in [1.165, 1.54) is 0 Å². The minimum Gasteiger partial charge on any atom is -0.493 e. The van der Waals surface area contributed by atoms with E-state index in [9.17, 15) is 4.79 Å². The Morgan fingerprint density at radius 3 is 2.31 bits per heavy atom. The van der Waals surface area contributed by atoms with Crippen molar-refractivity contribution in [1.29, 1.82) is 0 Å². The van der Waals surface area contributed by atoms with Crippen molar-refractivity contribution in [3.8, 4) is 23.2 Å². The zero-order valence-electron chi connectivity index (χ0n) is 16.6. The van der Waals surface area contributed by atoms with Gasteiger partial charge in [-0.15, -0.1) is 0 Å². The van der Waals surface area contributed by atoms with Crippen molar-refractivity contribution in [2.75, 3.05) is 26.6 Å². The van der Waals surface area contributed by atoms with Crippen LogP contribution in [0.3, 0.4) is 0 Å². The number of hydrogen-bond donors (Lipinski definition) is 1. The smallest absolute Gasteiger partial charge is 0.252 e. The van der Waals surface area contributed by atoms with Crippen molar-refractivity contribution < 1.29 is 19.0 Å². The van der Waals surface area contributed by atoms with Gasteiger partial charge in [0.15, 0.2) is 11.5 Å². The van der Waals surface area contributed by atoms with Gasteiger partial charge >= 0.3 is 0 Å². The Morgan fingerprint density at radius 1 is 1.07 bits per heavy atom. The molecule has 0 bridgehead atoms. The molecule has 0 saturated heterocycles. The molecule has 0 radical (unpaired) electrons. The minimum atomic E-state index is -0.232. The van der Waals surface area contributed by atoms with Gasteiger partial charge in [-0.2, -0.15) is 9.78 Å². The lowest BCUT2D eigenvalue weighted by molar-refractivity contribution is -0.116. The summed E-state index contributed by atoms with van der Waals surface area (Å²) in [5, 5.41) is 7.50. The molecule has 1 aliphatic heterocycles. The molecular formula is C20H21N5O4. The number of anilines is 1. The van der Waals surface area contributed by atoms with E-state index in [0.29, 0.717) is 29.0 Å². The van der Waals surface area contributed by atoms with Crippen LogP contribution in [0.5, 0.6) is 17.2 Å². The highest BCUT2D eigenvalue weighted by molar-refractivity contribution is 5.95. The molecule has 1 N–H and O–H groups in total. The second-order valence-corrected chi connectivity index (χ2v) is 6.57. The molecule has 9 nitrogen and oxygen atoms in total. The Bertz CT molecular complexity index is 1040. The molecule has 0 aliphatic carbocycles. The number of nitrogens with one attached hydrogen (secondary N) is 1. The van der Waals surface area contributed by atoms with Gasteiger partial charge in [0.05, 0.1) is 27.0 Å². The SMILES string of the molecule is COc1cc([C@@H]2CC(=O)Nc3c2c(C)nn3-c2ncccn2)cc(OC)c1OC. The van der Waals surface area contributed by atoms with Crippen LogP contribution in [0.2, 0.25) is 0 Å². The Balaban J connectivity index is 1.89. The van der Waals surface area contributed by atoms with Crippen molar-refractivity contribution in [1.82, 2.24) is 19.7 Å². The molecule has 4 rings (SSSR count). The standard InChI is InChI=1S/C20H21N5O4/c1-11-17-13(12-8-14(27-2)18(29-4)15(9-12)28-3)10-16(26)23-19(17)25(24-11)20-21-6-5-7-22-20/h5-9,13H,10H2,1-4H3,(H,23,26)/t13-/m0/s1. The summed E-state index contributed by atoms with van der Waals surface area (Å²) in [5.41, 5.74) is 2.56. The first kappa shape index (κ1) is 18.7. The Hall–Kier alpha value is -3.62.